The lowest BCUT2D eigenvalue weighted by Gasteiger charge is -2.18. The fraction of sp³-hybridized carbons (Fsp3) is 0.176. The summed E-state index contributed by atoms with van der Waals surface area (Å²) in [5.41, 5.74) is 1.22. The zero-order valence-corrected chi connectivity index (χ0v) is 15.2. The topological polar surface area (TPSA) is 140 Å². The maximum Gasteiger partial charge on any atom is 0.471 e. The molecule has 13 heteroatoms. The first-order chi connectivity index (χ1) is 14.0. The van der Waals surface area contributed by atoms with Gasteiger partial charge < -0.3 is 5.32 Å². The molecule has 2 aromatic rings. The number of nitrogens with zero attached hydrogens (tertiary/aromatic N) is 3. The largest absolute Gasteiger partial charge is 0.471 e. The number of amides is 1. The van der Waals surface area contributed by atoms with Gasteiger partial charge in [-0.1, -0.05) is 30.3 Å². The van der Waals surface area contributed by atoms with E-state index in [1.54, 1.807) is 23.5 Å². The van der Waals surface area contributed by atoms with Gasteiger partial charge in [-0.05, 0) is 18.6 Å². The predicted octanol–water partition coefficient (Wildman–Crippen LogP) is 3.39. The molecule has 0 bridgehead atoms. The Labute approximate surface area is 166 Å². The molecule has 2 N–H and O–H groups in total. The van der Waals surface area contributed by atoms with Gasteiger partial charge in [0, 0.05) is 6.07 Å². The van der Waals surface area contributed by atoms with E-state index in [-0.39, 0.29) is 11.4 Å². The van der Waals surface area contributed by atoms with Gasteiger partial charge in [0.1, 0.15) is 5.69 Å². The van der Waals surface area contributed by atoms with E-state index in [0.29, 0.717) is 5.56 Å². The number of nitro benzene ring substituents is 2. The van der Waals surface area contributed by atoms with Gasteiger partial charge in [-0.25, -0.2) is 0 Å². The molecule has 30 heavy (non-hydrogen) atoms. The molecule has 0 spiro atoms. The minimum absolute atomic E-state index is 0.0548. The number of nitro groups is 2. The van der Waals surface area contributed by atoms with Crippen LogP contribution < -0.4 is 10.7 Å². The van der Waals surface area contributed by atoms with Crippen LogP contribution in [0.3, 0.4) is 0 Å². The van der Waals surface area contributed by atoms with Crippen LogP contribution >= 0.6 is 0 Å². The van der Waals surface area contributed by atoms with Crippen molar-refractivity contribution in [3.05, 3.63) is 74.3 Å². The highest BCUT2D eigenvalue weighted by Crippen LogP contribution is 2.29. The predicted molar refractivity (Wildman–Crippen MR) is 100 cm³/mol. The molecule has 0 aromatic heterocycles. The average molecular weight is 425 g/mol. The number of non-ortho nitro benzene ring substituents is 1. The van der Waals surface area contributed by atoms with Crippen molar-refractivity contribution >= 4 is 28.7 Å². The third kappa shape index (κ3) is 5.50. The summed E-state index contributed by atoms with van der Waals surface area (Å²) >= 11 is 0. The van der Waals surface area contributed by atoms with Crippen molar-refractivity contribution in [2.45, 2.75) is 19.1 Å². The van der Waals surface area contributed by atoms with Crippen LogP contribution in [0.1, 0.15) is 12.5 Å². The van der Waals surface area contributed by atoms with Gasteiger partial charge in [-0.15, -0.1) is 0 Å². The summed E-state index contributed by atoms with van der Waals surface area (Å²) < 4.78 is 37.7. The van der Waals surface area contributed by atoms with Gasteiger partial charge in [-0.2, -0.15) is 18.3 Å². The van der Waals surface area contributed by atoms with E-state index in [2.05, 4.69) is 10.5 Å². The molecule has 0 saturated carbocycles. The quantitative estimate of drug-likeness (QED) is 0.396. The van der Waals surface area contributed by atoms with E-state index in [4.69, 9.17) is 0 Å². The lowest BCUT2D eigenvalue weighted by Crippen LogP contribution is -2.45. The van der Waals surface area contributed by atoms with Gasteiger partial charge in [0.25, 0.3) is 5.69 Å². The SMILES string of the molecule is C[C@@H](NC(=O)C(F)(F)F)/C(=N/Nc1ccc([N+](=O)[O-])cc1[N+](=O)[O-])c1ccccc1. The normalized spacial score (nSPS) is 12.7. The molecule has 0 aliphatic heterocycles. The molecule has 0 saturated heterocycles. The third-order valence-corrected chi connectivity index (χ3v) is 3.77. The summed E-state index contributed by atoms with van der Waals surface area (Å²) in [6, 6.07) is 9.37. The first-order valence-corrected chi connectivity index (χ1v) is 8.20. The summed E-state index contributed by atoms with van der Waals surface area (Å²) in [5.74, 6) is -2.18. The summed E-state index contributed by atoms with van der Waals surface area (Å²) in [5, 5.41) is 27.7. The highest BCUT2D eigenvalue weighted by Gasteiger charge is 2.39. The number of hydrogen-bond acceptors (Lipinski definition) is 7. The monoisotopic (exact) mass is 425 g/mol. The van der Waals surface area contributed by atoms with Crippen molar-refractivity contribution in [1.29, 1.82) is 0 Å². The Hall–Kier alpha value is -4.03. The van der Waals surface area contributed by atoms with Crippen LogP contribution in [0.5, 0.6) is 0 Å². The number of rotatable bonds is 7. The second-order valence-electron chi connectivity index (χ2n) is 5.88. The number of nitrogens with one attached hydrogen (secondary N) is 2. The zero-order chi connectivity index (χ0) is 22.5. The molecule has 0 aliphatic rings. The van der Waals surface area contributed by atoms with E-state index < -0.39 is 39.3 Å². The van der Waals surface area contributed by atoms with Gasteiger partial charge in [0.2, 0.25) is 0 Å². The molecule has 0 heterocycles. The molecule has 1 amide bonds. The van der Waals surface area contributed by atoms with Gasteiger partial charge >= 0.3 is 17.8 Å². The number of hydrogen-bond donors (Lipinski definition) is 2. The molecule has 0 aliphatic carbocycles. The Balaban J connectivity index is 2.42. The number of halogens is 3. The van der Waals surface area contributed by atoms with Crippen molar-refractivity contribution in [3.8, 4) is 0 Å². The first kappa shape index (κ1) is 22.3. The second-order valence-corrected chi connectivity index (χ2v) is 5.88. The maximum absolute atomic E-state index is 12.6. The second kappa shape index (κ2) is 8.98. The highest BCUT2D eigenvalue weighted by molar-refractivity contribution is 6.06. The summed E-state index contributed by atoms with van der Waals surface area (Å²) in [6.07, 6.45) is -5.11. The number of alkyl halides is 3. The molecule has 0 fully saturated rings. The van der Waals surface area contributed by atoms with E-state index >= 15 is 0 Å². The number of carbonyl (C=O) groups is 1. The average Bonchev–Trinajstić information content (AvgIpc) is 2.68. The van der Waals surface area contributed by atoms with E-state index in [1.165, 1.54) is 19.1 Å². The summed E-state index contributed by atoms with van der Waals surface area (Å²) in [6.45, 7) is 1.25. The zero-order valence-electron chi connectivity index (χ0n) is 15.2. The van der Waals surface area contributed by atoms with E-state index in [0.717, 1.165) is 18.2 Å². The molecule has 158 valence electrons. The lowest BCUT2D eigenvalue weighted by atomic mass is 10.0. The smallest absolute Gasteiger partial charge is 0.340 e. The van der Waals surface area contributed by atoms with Crippen molar-refractivity contribution in [2.75, 3.05) is 5.43 Å². The van der Waals surface area contributed by atoms with E-state index in [9.17, 15) is 38.2 Å². The van der Waals surface area contributed by atoms with Crippen molar-refractivity contribution in [3.63, 3.8) is 0 Å². The Bertz CT molecular complexity index is 995. The molecular formula is C17H14F3N5O5. The Morgan fingerprint density at radius 1 is 1.07 bits per heavy atom. The molecule has 0 radical (unpaired) electrons. The Morgan fingerprint density at radius 3 is 2.23 bits per heavy atom. The van der Waals surface area contributed by atoms with Gasteiger partial charge in [0.05, 0.1) is 27.7 Å². The van der Waals surface area contributed by atoms with Crippen LogP contribution in [-0.2, 0) is 4.79 Å². The molecular weight excluding hydrogens is 411 g/mol. The van der Waals surface area contributed by atoms with Crippen LogP contribution in [-0.4, -0.2) is 33.7 Å². The number of carbonyl (C=O) groups excluding carboxylic acids is 1. The van der Waals surface area contributed by atoms with Crippen LogP contribution in [0.15, 0.2) is 53.6 Å². The van der Waals surface area contributed by atoms with Gasteiger partial charge in [-0.3, -0.25) is 30.4 Å². The third-order valence-electron chi connectivity index (χ3n) is 3.77. The minimum atomic E-state index is -5.11. The van der Waals surface area contributed by atoms with Crippen molar-refractivity contribution < 1.29 is 27.8 Å². The Kier molecular flexibility index (Phi) is 6.66. The molecule has 2 rings (SSSR count). The van der Waals surface area contributed by atoms with E-state index in [1.807, 2.05) is 0 Å². The van der Waals surface area contributed by atoms with Crippen molar-refractivity contribution in [1.82, 2.24) is 5.32 Å². The van der Waals surface area contributed by atoms with Crippen LogP contribution in [0, 0.1) is 20.2 Å². The number of hydrazone groups is 1. The standard InChI is InChI=1S/C17H14F3N5O5/c1-10(21-16(26)17(18,19)20)15(11-5-3-2-4-6-11)23-22-13-8-7-12(24(27)28)9-14(13)25(29)30/h2-10,22H,1H3,(H,21,26)/b23-15-/t10-/m1/s1. The molecule has 10 nitrogen and oxygen atoms in total. The fourth-order valence-electron chi connectivity index (χ4n) is 2.37. The number of anilines is 1. The van der Waals surface area contributed by atoms with Crippen molar-refractivity contribution in [2.24, 2.45) is 5.10 Å². The van der Waals surface area contributed by atoms with Crippen LogP contribution in [0.4, 0.5) is 30.2 Å². The van der Waals surface area contributed by atoms with Crippen LogP contribution in [0.25, 0.3) is 0 Å². The van der Waals surface area contributed by atoms with Crippen LogP contribution in [0.2, 0.25) is 0 Å². The maximum atomic E-state index is 12.6. The van der Waals surface area contributed by atoms with Gasteiger partial charge in [0.15, 0.2) is 0 Å². The molecule has 0 unspecified atom stereocenters. The number of benzene rings is 2. The molecule has 1 atom stereocenters. The molecule has 2 aromatic carbocycles. The minimum Gasteiger partial charge on any atom is -0.340 e. The summed E-state index contributed by atoms with van der Waals surface area (Å²) in [7, 11) is 0. The first-order valence-electron chi connectivity index (χ1n) is 8.20. The summed E-state index contributed by atoms with van der Waals surface area (Å²) in [4.78, 5) is 31.6. The Morgan fingerprint density at radius 2 is 1.70 bits per heavy atom. The fourth-order valence-corrected chi connectivity index (χ4v) is 2.37. The lowest BCUT2D eigenvalue weighted by molar-refractivity contribution is -0.393. The highest BCUT2D eigenvalue weighted by atomic mass is 19.4.